The van der Waals surface area contributed by atoms with Crippen LogP contribution in [0.1, 0.15) is 67.8 Å². The number of carbonyl (C=O) groups excluding carboxylic acids is 2. The molecule has 0 saturated heterocycles. The van der Waals surface area contributed by atoms with E-state index >= 15 is 0 Å². The number of esters is 2. The lowest BCUT2D eigenvalue weighted by molar-refractivity contribution is -0.172. The molecule has 3 aromatic carbocycles. The first-order chi connectivity index (χ1) is 22.0. The first-order valence-electron chi connectivity index (χ1n) is 15.1. The second-order valence-corrected chi connectivity index (χ2v) is 11.6. The molecule has 2 aliphatic rings. The lowest BCUT2D eigenvalue weighted by Crippen LogP contribution is -2.46. The van der Waals surface area contributed by atoms with Crippen molar-refractivity contribution in [3.05, 3.63) is 59.2 Å². The first-order valence-corrected chi connectivity index (χ1v) is 15.1. The number of carbonyl (C=O) groups is 2. The molecule has 1 aliphatic carbocycles. The summed E-state index contributed by atoms with van der Waals surface area (Å²) >= 11 is 0. The van der Waals surface area contributed by atoms with E-state index in [1.807, 2.05) is 6.92 Å². The Bertz CT molecular complexity index is 1610. The van der Waals surface area contributed by atoms with Crippen molar-refractivity contribution >= 4 is 11.9 Å². The highest BCUT2D eigenvalue weighted by Crippen LogP contribution is 2.61. The zero-order valence-electron chi connectivity index (χ0n) is 27.3. The molecule has 1 heterocycles. The number of hydrogen-bond acceptors (Lipinski definition) is 11. The molecule has 246 valence electrons. The first kappa shape index (κ1) is 32.7. The van der Waals surface area contributed by atoms with E-state index in [9.17, 15) is 14.7 Å². The van der Waals surface area contributed by atoms with Gasteiger partial charge in [0.2, 0.25) is 18.3 Å². The Morgan fingerprint density at radius 1 is 0.913 bits per heavy atom. The van der Waals surface area contributed by atoms with Gasteiger partial charge in [-0.05, 0) is 37.6 Å². The molecule has 0 spiro atoms. The van der Waals surface area contributed by atoms with E-state index in [0.717, 1.165) is 0 Å². The van der Waals surface area contributed by atoms with E-state index in [1.54, 1.807) is 63.2 Å². The minimum Gasteiger partial charge on any atom is -0.493 e. The van der Waals surface area contributed by atoms with Crippen molar-refractivity contribution in [3.8, 4) is 45.6 Å². The Hall–Kier alpha value is -4.64. The van der Waals surface area contributed by atoms with Crippen LogP contribution >= 0.6 is 0 Å². The van der Waals surface area contributed by atoms with Crippen molar-refractivity contribution in [2.45, 2.75) is 51.9 Å². The monoisotopic (exact) mass is 636 g/mol. The highest BCUT2D eigenvalue weighted by molar-refractivity contribution is 5.92. The summed E-state index contributed by atoms with van der Waals surface area (Å²) in [4.78, 5) is 27.1. The SMILES string of the molecule is CC[C@@H](C)C(=O)O[C@H]1c2cc3c(c(OC)c2-c2c(cc(OC)c(OC)c2OC)[C@H](OC(=O)c2ccccc2)[C@@](C)(O)[C@H]1C)OCO3. The van der Waals surface area contributed by atoms with Gasteiger partial charge in [0.05, 0.1) is 39.9 Å². The Balaban J connectivity index is 1.92. The normalized spacial score (nSPS) is 21.9. The summed E-state index contributed by atoms with van der Waals surface area (Å²) in [5, 5.41) is 12.6. The molecule has 0 fully saturated rings. The molecule has 0 aromatic heterocycles. The highest BCUT2D eigenvalue weighted by atomic mass is 16.7. The Morgan fingerprint density at radius 3 is 2.17 bits per heavy atom. The standard InChI is InChI=1S/C35H40O11/c1-9-18(2)33(36)45-27-19(3)35(4,38)32(46-34(37)20-13-11-10-12-14-20)22-16-23(39-5)28(40-6)30(41-7)26(22)25-21(27)15-24-29(31(25)42-8)44-17-43-24/h10-16,18-19,27,32,38H,9,17H2,1-8H3/t18-,19+,27-,32+,35+/m1/s1. The van der Waals surface area contributed by atoms with E-state index in [4.69, 9.17) is 37.9 Å². The fourth-order valence-corrected chi connectivity index (χ4v) is 5.98. The molecule has 1 N–H and O–H groups in total. The molecule has 0 bridgehead atoms. The van der Waals surface area contributed by atoms with Crippen molar-refractivity contribution in [2.75, 3.05) is 35.2 Å². The molecule has 0 unspecified atom stereocenters. The zero-order chi connectivity index (χ0) is 33.3. The van der Waals surface area contributed by atoms with Gasteiger partial charge in [-0.3, -0.25) is 4.79 Å². The molecule has 1 aliphatic heterocycles. The Labute approximate surface area is 268 Å². The minimum absolute atomic E-state index is 0.0631. The molecule has 0 saturated carbocycles. The van der Waals surface area contributed by atoms with Crippen LogP contribution in [0.2, 0.25) is 0 Å². The van der Waals surface area contributed by atoms with Crippen LogP contribution < -0.4 is 28.4 Å². The third kappa shape index (κ3) is 5.42. The molecule has 5 rings (SSSR count). The third-order valence-corrected chi connectivity index (χ3v) is 8.95. The van der Waals surface area contributed by atoms with Gasteiger partial charge in [0.1, 0.15) is 11.7 Å². The molecular weight excluding hydrogens is 596 g/mol. The van der Waals surface area contributed by atoms with Gasteiger partial charge in [0, 0.05) is 28.2 Å². The summed E-state index contributed by atoms with van der Waals surface area (Å²) in [6.45, 7) is 6.88. The lowest BCUT2D eigenvalue weighted by atomic mass is 9.71. The number of aliphatic hydroxyl groups is 1. The van der Waals surface area contributed by atoms with Crippen molar-refractivity contribution in [2.24, 2.45) is 11.8 Å². The van der Waals surface area contributed by atoms with Gasteiger partial charge in [-0.2, -0.15) is 0 Å². The van der Waals surface area contributed by atoms with E-state index in [1.165, 1.54) is 28.4 Å². The fraction of sp³-hybridized carbons (Fsp3) is 0.429. The number of hydrogen-bond donors (Lipinski definition) is 1. The molecule has 0 radical (unpaired) electrons. The second kappa shape index (κ2) is 13.0. The lowest BCUT2D eigenvalue weighted by Gasteiger charge is -2.44. The maximum atomic E-state index is 13.7. The molecule has 0 amide bonds. The van der Waals surface area contributed by atoms with E-state index in [-0.39, 0.29) is 35.4 Å². The van der Waals surface area contributed by atoms with Crippen LogP contribution in [0.3, 0.4) is 0 Å². The number of ether oxygens (including phenoxy) is 8. The van der Waals surface area contributed by atoms with Crippen molar-refractivity contribution in [1.82, 2.24) is 0 Å². The van der Waals surface area contributed by atoms with Gasteiger partial charge in [-0.15, -0.1) is 0 Å². The highest BCUT2D eigenvalue weighted by Gasteiger charge is 2.52. The van der Waals surface area contributed by atoms with Crippen LogP contribution in [-0.4, -0.2) is 57.9 Å². The van der Waals surface area contributed by atoms with Crippen molar-refractivity contribution in [3.63, 3.8) is 0 Å². The van der Waals surface area contributed by atoms with E-state index in [0.29, 0.717) is 40.2 Å². The van der Waals surface area contributed by atoms with Gasteiger partial charge in [0.25, 0.3) is 0 Å². The Morgan fingerprint density at radius 2 is 1.57 bits per heavy atom. The summed E-state index contributed by atoms with van der Waals surface area (Å²) < 4.78 is 47.6. The van der Waals surface area contributed by atoms with Crippen LogP contribution in [0.15, 0.2) is 42.5 Å². The van der Waals surface area contributed by atoms with Crippen LogP contribution in [-0.2, 0) is 14.3 Å². The zero-order valence-corrected chi connectivity index (χ0v) is 27.3. The maximum Gasteiger partial charge on any atom is 0.338 e. The van der Waals surface area contributed by atoms with Crippen molar-refractivity contribution < 1.29 is 52.6 Å². The predicted octanol–water partition coefficient (Wildman–Crippen LogP) is 6.05. The van der Waals surface area contributed by atoms with Crippen LogP contribution in [0.5, 0.6) is 34.5 Å². The number of fused-ring (bicyclic) bond motifs is 4. The van der Waals surface area contributed by atoms with Gasteiger partial charge < -0.3 is 43.0 Å². The summed E-state index contributed by atoms with van der Waals surface area (Å²) in [5.41, 5.74) is 0.0115. The minimum atomic E-state index is -1.84. The number of benzene rings is 3. The molecular formula is C35H40O11. The van der Waals surface area contributed by atoms with Crippen LogP contribution in [0.4, 0.5) is 0 Å². The smallest absolute Gasteiger partial charge is 0.338 e. The summed E-state index contributed by atoms with van der Waals surface area (Å²) in [6, 6.07) is 11.8. The largest absolute Gasteiger partial charge is 0.493 e. The summed E-state index contributed by atoms with van der Waals surface area (Å²) in [6.07, 6.45) is -1.87. The fourth-order valence-electron chi connectivity index (χ4n) is 5.98. The summed E-state index contributed by atoms with van der Waals surface area (Å²) in [7, 11) is 5.88. The quantitative estimate of drug-likeness (QED) is 0.276. The number of methoxy groups -OCH3 is 4. The van der Waals surface area contributed by atoms with E-state index in [2.05, 4.69) is 0 Å². The van der Waals surface area contributed by atoms with Gasteiger partial charge in [0.15, 0.2) is 29.1 Å². The average Bonchev–Trinajstić information content (AvgIpc) is 3.55. The number of rotatable bonds is 9. The average molecular weight is 637 g/mol. The summed E-state index contributed by atoms with van der Waals surface area (Å²) in [5.74, 6) is -0.746. The van der Waals surface area contributed by atoms with Gasteiger partial charge in [-0.1, -0.05) is 39.0 Å². The molecule has 11 heteroatoms. The van der Waals surface area contributed by atoms with E-state index < -0.39 is 41.6 Å². The molecule has 3 aromatic rings. The third-order valence-electron chi connectivity index (χ3n) is 8.95. The van der Waals surface area contributed by atoms with Crippen LogP contribution in [0.25, 0.3) is 11.1 Å². The molecule has 11 nitrogen and oxygen atoms in total. The molecule has 46 heavy (non-hydrogen) atoms. The molecule has 5 atom stereocenters. The van der Waals surface area contributed by atoms with Gasteiger partial charge >= 0.3 is 11.9 Å². The van der Waals surface area contributed by atoms with Gasteiger partial charge in [-0.25, -0.2) is 4.79 Å². The van der Waals surface area contributed by atoms with Crippen molar-refractivity contribution in [1.29, 1.82) is 0 Å². The van der Waals surface area contributed by atoms with Crippen LogP contribution in [0, 0.1) is 11.8 Å². The predicted molar refractivity (Wildman–Crippen MR) is 167 cm³/mol. The second-order valence-electron chi connectivity index (χ2n) is 11.6. The topological polar surface area (TPSA) is 128 Å². The maximum absolute atomic E-state index is 13.7. The Kier molecular flexibility index (Phi) is 9.25.